The zero-order chi connectivity index (χ0) is 15.7. The van der Waals surface area contributed by atoms with Gasteiger partial charge in [-0.3, -0.25) is 4.79 Å². The maximum Gasteiger partial charge on any atom is 0.236 e. The number of amides is 1. The van der Waals surface area contributed by atoms with E-state index >= 15 is 0 Å². The zero-order valence-corrected chi connectivity index (χ0v) is 13.1. The van der Waals surface area contributed by atoms with E-state index < -0.39 is 0 Å². The summed E-state index contributed by atoms with van der Waals surface area (Å²) in [4.78, 5) is 12.9. The SMILES string of the molecule is CCCCOc1cccc(CCNCC(=O)N(C)C)c1F. The molecular formula is C16H25FN2O2. The van der Waals surface area contributed by atoms with Crippen LogP contribution >= 0.6 is 0 Å². The lowest BCUT2D eigenvalue weighted by atomic mass is 10.1. The average molecular weight is 296 g/mol. The molecule has 0 aliphatic carbocycles. The Morgan fingerprint density at radius 3 is 2.81 bits per heavy atom. The number of likely N-dealkylation sites (N-methyl/N-ethyl adjacent to an activating group) is 1. The summed E-state index contributed by atoms with van der Waals surface area (Å²) in [5.74, 6) is 0.0202. The van der Waals surface area contributed by atoms with Gasteiger partial charge in [0.05, 0.1) is 13.2 Å². The topological polar surface area (TPSA) is 41.6 Å². The molecule has 118 valence electrons. The molecule has 0 aromatic heterocycles. The highest BCUT2D eigenvalue weighted by molar-refractivity contribution is 5.77. The lowest BCUT2D eigenvalue weighted by Gasteiger charge is -2.12. The van der Waals surface area contributed by atoms with Crippen LogP contribution in [0.4, 0.5) is 4.39 Å². The molecule has 0 heterocycles. The van der Waals surface area contributed by atoms with Gasteiger partial charge in [0.25, 0.3) is 0 Å². The van der Waals surface area contributed by atoms with Gasteiger partial charge in [0.2, 0.25) is 5.91 Å². The molecule has 0 aliphatic rings. The third-order valence-electron chi connectivity index (χ3n) is 3.14. The minimum atomic E-state index is -0.297. The van der Waals surface area contributed by atoms with Crippen LogP contribution in [-0.4, -0.2) is 44.6 Å². The van der Waals surface area contributed by atoms with Crippen molar-refractivity contribution in [3.05, 3.63) is 29.6 Å². The lowest BCUT2D eigenvalue weighted by molar-refractivity contribution is -0.127. The molecule has 0 saturated heterocycles. The van der Waals surface area contributed by atoms with Gasteiger partial charge in [-0.25, -0.2) is 4.39 Å². The van der Waals surface area contributed by atoms with E-state index in [4.69, 9.17) is 4.74 Å². The smallest absolute Gasteiger partial charge is 0.236 e. The fourth-order valence-electron chi connectivity index (χ4n) is 1.76. The molecule has 0 saturated carbocycles. The minimum absolute atomic E-state index is 0.00659. The number of halogens is 1. The number of benzene rings is 1. The predicted octanol–water partition coefficient (Wildman–Crippen LogP) is 2.22. The van der Waals surface area contributed by atoms with Crippen molar-refractivity contribution in [2.75, 3.05) is 33.8 Å². The molecule has 0 fully saturated rings. The van der Waals surface area contributed by atoms with E-state index in [2.05, 4.69) is 12.2 Å². The molecule has 0 unspecified atom stereocenters. The fourth-order valence-corrected chi connectivity index (χ4v) is 1.76. The van der Waals surface area contributed by atoms with Gasteiger partial charge < -0.3 is 15.0 Å². The molecule has 4 nitrogen and oxygen atoms in total. The van der Waals surface area contributed by atoms with Crippen LogP contribution in [0, 0.1) is 5.82 Å². The molecule has 0 aliphatic heterocycles. The van der Waals surface area contributed by atoms with Crippen LogP contribution in [0.5, 0.6) is 5.75 Å². The molecule has 0 radical (unpaired) electrons. The number of nitrogens with one attached hydrogen (secondary N) is 1. The van der Waals surface area contributed by atoms with Gasteiger partial charge in [-0.1, -0.05) is 25.5 Å². The number of rotatable bonds is 9. The highest BCUT2D eigenvalue weighted by Crippen LogP contribution is 2.21. The Hall–Kier alpha value is -1.62. The molecule has 0 atom stereocenters. The van der Waals surface area contributed by atoms with E-state index in [9.17, 15) is 9.18 Å². The first-order valence-electron chi connectivity index (χ1n) is 7.37. The van der Waals surface area contributed by atoms with Crippen molar-refractivity contribution in [2.45, 2.75) is 26.2 Å². The second kappa shape index (κ2) is 9.34. The fraction of sp³-hybridized carbons (Fsp3) is 0.562. The Balaban J connectivity index is 2.44. The van der Waals surface area contributed by atoms with Gasteiger partial charge in [0.1, 0.15) is 0 Å². The number of hydrogen-bond donors (Lipinski definition) is 1. The predicted molar refractivity (Wildman–Crippen MR) is 82.1 cm³/mol. The highest BCUT2D eigenvalue weighted by Gasteiger charge is 2.09. The Morgan fingerprint density at radius 1 is 1.38 bits per heavy atom. The Labute approximate surface area is 126 Å². The standard InChI is InChI=1S/C16H25FN2O2/c1-4-5-11-21-14-8-6-7-13(16(14)17)9-10-18-12-15(20)19(2)3/h6-8,18H,4-5,9-12H2,1-3H3. The maximum atomic E-state index is 14.2. The summed E-state index contributed by atoms with van der Waals surface area (Å²) >= 11 is 0. The number of carbonyl (C=O) groups is 1. The van der Waals surface area contributed by atoms with Gasteiger partial charge in [-0.15, -0.1) is 0 Å². The van der Waals surface area contributed by atoms with Crippen molar-refractivity contribution < 1.29 is 13.9 Å². The van der Waals surface area contributed by atoms with Crippen LogP contribution in [0.3, 0.4) is 0 Å². The number of hydrogen-bond acceptors (Lipinski definition) is 3. The normalized spacial score (nSPS) is 10.5. The lowest BCUT2D eigenvalue weighted by Crippen LogP contribution is -2.33. The first kappa shape index (κ1) is 17.4. The Bertz CT molecular complexity index is 450. The van der Waals surface area contributed by atoms with Gasteiger partial charge in [0.15, 0.2) is 11.6 Å². The van der Waals surface area contributed by atoms with Gasteiger partial charge in [-0.05, 0) is 31.0 Å². The molecule has 0 bridgehead atoms. The van der Waals surface area contributed by atoms with Crippen LogP contribution in [0.2, 0.25) is 0 Å². The Morgan fingerprint density at radius 2 is 2.14 bits per heavy atom. The van der Waals surface area contributed by atoms with Crippen molar-refractivity contribution in [1.29, 1.82) is 0 Å². The van der Waals surface area contributed by atoms with Crippen LogP contribution in [0.1, 0.15) is 25.3 Å². The van der Waals surface area contributed by atoms with Crippen molar-refractivity contribution in [3.63, 3.8) is 0 Å². The van der Waals surface area contributed by atoms with Crippen molar-refractivity contribution >= 4 is 5.91 Å². The first-order chi connectivity index (χ1) is 10.1. The summed E-state index contributed by atoms with van der Waals surface area (Å²) < 4.78 is 19.6. The highest BCUT2D eigenvalue weighted by atomic mass is 19.1. The van der Waals surface area contributed by atoms with Crippen molar-refractivity contribution in [1.82, 2.24) is 10.2 Å². The van der Waals surface area contributed by atoms with Gasteiger partial charge >= 0.3 is 0 Å². The summed E-state index contributed by atoms with van der Waals surface area (Å²) in [6.45, 7) is 3.42. The summed E-state index contributed by atoms with van der Waals surface area (Å²) in [7, 11) is 3.42. The molecular weight excluding hydrogens is 271 g/mol. The van der Waals surface area contributed by atoms with E-state index in [1.165, 1.54) is 4.90 Å². The maximum absolute atomic E-state index is 14.2. The van der Waals surface area contributed by atoms with E-state index in [0.717, 1.165) is 12.8 Å². The molecule has 1 N–H and O–H groups in total. The molecule has 1 amide bonds. The van der Waals surface area contributed by atoms with E-state index in [1.54, 1.807) is 32.3 Å². The zero-order valence-electron chi connectivity index (χ0n) is 13.1. The Kier molecular flexibility index (Phi) is 7.75. The van der Waals surface area contributed by atoms with Crippen LogP contribution in [0.25, 0.3) is 0 Å². The molecule has 1 aromatic rings. The molecule has 21 heavy (non-hydrogen) atoms. The average Bonchev–Trinajstić information content (AvgIpc) is 2.46. The second-order valence-corrected chi connectivity index (χ2v) is 5.15. The molecule has 0 spiro atoms. The molecule has 1 rings (SSSR count). The summed E-state index contributed by atoms with van der Waals surface area (Å²) in [6.07, 6.45) is 2.46. The third kappa shape index (κ3) is 6.12. The van der Waals surface area contributed by atoms with Crippen LogP contribution in [-0.2, 0) is 11.2 Å². The largest absolute Gasteiger partial charge is 0.491 e. The van der Waals surface area contributed by atoms with Crippen LogP contribution < -0.4 is 10.1 Å². The second-order valence-electron chi connectivity index (χ2n) is 5.15. The first-order valence-corrected chi connectivity index (χ1v) is 7.37. The monoisotopic (exact) mass is 296 g/mol. The summed E-state index contributed by atoms with van der Waals surface area (Å²) in [5.41, 5.74) is 0.605. The minimum Gasteiger partial charge on any atom is -0.491 e. The quantitative estimate of drug-likeness (QED) is 0.711. The van der Waals surface area contributed by atoms with E-state index in [0.29, 0.717) is 30.9 Å². The molecule has 1 aromatic carbocycles. The van der Waals surface area contributed by atoms with Gasteiger partial charge in [-0.2, -0.15) is 0 Å². The summed E-state index contributed by atoms with van der Waals surface area (Å²) in [6, 6.07) is 5.19. The number of ether oxygens (including phenoxy) is 1. The number of nitrogens with zero attached hydrogens (tertiary/aromatic N) is 1. The number of unbranched alkanes of at least 4 members (excludes halogenated alkanes) is 1. The number of carbonyl (C=O) groups excluding carboxylic acids is 1. The van der Waals surface area contributed by atoms with Crippen molar-refractivity contribution in [2.24, 2.45) is 0 Å². The van der Waals surface area contributed by atoms with E-state index in [-0.39, 0.29) is 18.3 Å². The summed E-state index contributed by atoms with van der Waals surface area (Å²) in [5, 5.41) is 3.02. The van der Waals surface area contributed by atoms with Crippen LogP contribution in [0.15, 0.2) is 18.2 Å². The van der Waals surface area contributed by atoms with Crippen molar-refractivity contribution in [3.8, 4) is 5.75 Å². The third-order valence-corrected chi connectivity index (χ3v) is 3.14. The van der Waals surface area contributed by atoms with Gasteiger partial charge in [0, 0.05) is 14.1 Å². The molecule has 5 heteroatoms. The van der Waals surface area contributed by atoms with E-state index in [1.807, 2.05) is 0 Å².